The fourth-order valence-corrected chi connectivity index (χ4v) is 1.17. The number of aromatic nitrogens is 1. The van der Waals surface area contributed by atoms with Gasteiger partial charge in [-0.1, -0.05) is 0 Å². The molecule has 0 bridgehead atoms. The van der Waals surface area contributed by atoms with E-state index in [9.17, 15) is 18.7 Å². The van der Waals surface area contributed by atoms with Crippen molar-refractivity contribution in [1.29, 1.82) is 0 Å². The number of nitrogens with zero attached hydrogens (tertiary/aromatic N) is 1. The Hall–Kier alpha value is -1.72. The van der Waals surface area contributed by atoms with Gasteiger partial charge in [-0.25, -0.2) is 18.6 Å². The standard InChI is InChI=1S/C10H11F2NO3/c1-3-16-10(15)7-4-6(9(11)12)8(14)5(2)13-7/h4,9,14H,3H2,1-2H3. The number of alkyl halides is 2. The monoisotopic (exact) mass is 231 g/mol. The maximum Gasteiger partial charge on any atom is 0.356 e. The van der Waals surface area contributed by atoms with Crippen molar-refractivity contribution in [2.75, 3.05) is 6.61 Å². The zero-order valence-electron chi connectivity index (χ0n) is 8.83. The van der Waals surface area contributed by atoms with Crippen LogP contribution in [0.15, 0.2) is 6.07 Å². The summed E-state index contributed by atoms with van der Waals surface area (Å²) in [5.41, 5.74) is -0.871. The van der Waals surface area contributed by atoms with Gasteiger partial charge in [0.15, 0.2) is 0 Å². The third-order valence-corrected chi connectivity index (χ3v) is 1.92. The highest BCUT2D eigenvalue weighted by Gasteiger charge is 2.20. The Balaban J connectivity index is 3.18. The average molecular weight is 231 g/mol. The zero-order chi connectivity index (χ0) is 12.3. The molecule has 0 aliphatic carbocycles. The molecule has 0 saturated heterocycles. The first kappa shape index (κ1) is 12.4. The molecule has 0 saturated carbocycles. The maximum atomic E-state index is 12.5. The molecule has 6 heteroatoms. The molecule has 0 unspecified atom stereocenters. The number of pyridine rings is 1. The van der Waals surface area contributed by atoms with E-state index in [0.29, 0.717) is 0 Å². The minimum Gasteiger partial charge on any atom is -0.506 e. The molecule has 0 aromatic carbocycles. The maximum absolute atomic E-state index is 12.5. The number of hydrogen-bond acceptors (Lipinski definition) is 4. The molecule has 1 heterocycles. The number of halogens is 2. The second kappa shape index (κ2) is 4.87. The smallest absolute Gasteiger partial charge is 0.356 e. The van der Waals surface area contributed by atoms with E-state index in [0.717, 1.165) is 6.07 Å². The molecule has 0 fully saturated rings. The average Bonchev–Trinajstić information content (AvgIpc) is 2.21. The van der Waals surface area contributed by atoms with Crippen molar-refractivity contribution in [3.05, 3.63) is 23.0 Å². The van der Waals surface area contributed by atoms with Crippen molar-refractivity contribution >= 4 is 5.97 Å². The van der Waals surface area contributed by atoms with Crippen LogP contribution in [0.3, 0.4) is 0 Å². The first-order chi connectivity index (χ1) is 7.47. The molecule has 0 amide bonds. The minimum absolute atomic E-state index is 0.0270. The summed E-state index contributed by atoms with van der Waals surface area (Å²) >= 11 is 0. The topological polar surface area (TPSA) is 59.4 Å². The summed E-state index contributed by atoms with van der Waals surface area (Å²) in [4.78, 5) is 14.9. The molecule has 0 atom stereocenters. The number of rotatable bonds is 3. The Morgan fingerprint density at radius 3 is 2.75 bits per heavy atom. The van der Waals surface area contributed by atoms with E-state index in [2.05, 4.69) is 9.72 Å². The summed E-state index contributed by atoms with van der Waals surface area (Å²) in [5.74, 6) is -1.38. The highest BCUT2D eigenvalue weighted by atomic mass is 19.3. The van der Waals surface area contributed by atoms with Gasteiger partial charge in [-0.2, -0.15) is 0 Å². The van der Waals surface area contributed by atoms with Crippen LogP contribution in [0.5, 0.6) is 5.75 Å². The first-order valence-corrected chi connectivity index (χ1v) is 4.63. The number of aryl methyl sites for hydroxylation is 1. The summed E-state index contributed by atoms with van der Waals surface area (Å²) < 4.78 is 29.6. The number of ether oxygens (including phenoxy) is 1. The van der Waals surface area contributed by atoms with E-state index in [-0.39, 0.29) is 18.0 Å². The lowest BCUT2D eigenvalue weighted by molar-refractivity contribution is 0.0518. The second-order valence-corrected chi connectivity index (χ2v) is 3.05. The second-order valence-electron chi connectivity index (χ2n) is 3.05. The molecule has 88 valence electrons. The third kappa shape index (κ3) is 2.44. The van der Waals surface area contributed by atoms with Crippen molar-refractivity contribution in [3.63, 3.8) is 0 Å². The summed E-state index contributed by atoms with van der Waals surface area (Å²) in [7, 11) is 0. The number of carbonyl (C=O) groups is 1. The summed E-state index contributed by atoms with van der Waals surface area (Å²) in [5, 5.41) is 9.31. The predicted molar refractivity (Wildman–Crippen MR) is 51.6 cm³/mol. The van der Waals surface area contributed by atoms with Gasteiger partial charge in [-0.05, 0) is 19.9 Å². The van der Waals surface area contributed by atoms with Gasteiger partial charge in [0.2, 0.25) is 0 Å². The Kier molecular flexibility index (Phi) is 3.76. The predicted octanol–water partition coefficient (Wildman–Crippen LogP) is 2.21. The van der Waals surface area contributed by atoms with Crippen LogP contribution in [0.1, 0.15) is 35.1 Å². The number of carbonyl (C=O) groups excluding carboxylic acids is 1. The van der Waals surface area contributed by atoms with Gasteiger partial charge in [-0.3, -0.25) is 0 Å². The van der Waals surface area contributed by atoms with Crippen molar-refractivity contribution < 1.29 is 23.4 Å². The molecule has 16 heavy (non-hydrogen) atoms. The van der Waals surface area contributed by atoms with Gasteiger partial charge in [0, 0.05) is 0 Å². The first-order valence-electron chi connectivity index (χ1n) is 4.63. The Bertz CT molecular complexity index is 407. The molecule has 0 radical (unpaired) electrons. The molecule has 0 aliphatic heterocycles. The van der Waals surface area contributed by atoms with Gasteiger partial charge in [0.25, 0.3) is 6.43 Å². The Morgan fingerprint density at radius 2 is 2.25 bits per heavy atom. The van der Waals surface area contributed by atoms with Crippen LogP contribution in [0.25, 0.3) is 0 Å². The Morgan fingerprint density at radius 1 is 1.62 bits per heavy atom. The highest BCUT2D eigenvalue weighted by Crippen LogP contribution is 2.30. The van der Waals surface area contributed by atoms with Crippen LogP contribution in [0.2, 0.25) is 0 Å². The molecule has 0 spiro atoms. The Labute approximate surface area is 90.9 Å². The van der Waals surface area contributed by atoms with Crippen molar-refractivity contribution in [2.24, 2.45) is 0 Å². The van der Waals surface area contributed by atoms with E-state index < -0.39 is 23.7 Å². The minimum atomic E-state index is -2.87. The molecule has 1 N–H and O–H groups in total. The molecule has 1 aromatic heterocycles. The van der Waals surface area contributed by atoms with Gasteiger partial charge in [-0.15, -0.1) is 0 Å². The lowest BCUT2D eigenvalue weighted by Gasteiger charge is -2.08. The molecule has 0 aliphatic rings. The van der Waals surface area contributed by atoms with E-state index in [1.807, 2.05) is 0 Å². The lowest BCUT2D eigenvalue weighted by Crippen LogP contribution is -2.09. The molecular weight excluding hydrogens is 220 g/mol. The van der Waals surface area contributed by atoms with Gasteiger partial charge < -0.3 is 9.84 Å². The third-order valence-electron chi connectivity index (χ3n) is 1.92. The fraction of sp³-hybridized carbons (Fsp3) is 0.400. The molecule has 1 aromatic rings. The van der Waals surface area contributed by atoms with Crippen LogP contribution >= 0.6 is 0 Å². The van der Waals surface area contributed by atoms with Crippen LogP contribution in [-0.2, 0) is 4.74 Å². The van der Waals surface area contributed by atoms with Gasteiger partial charge in [0.1, 0.15) is 11.4 Å². The van der Waals surface area contributed by atoms with Crippen LogP contribution in [0, 0.1) is 6.92 Å². The number of hydrogen-bond donors (Lipinski definition) is 1. The number of esters is 1. The van der Waals surface area contributed by atoms with Crippen molar-refractivity contribution in [3.8, 4) is 5.75 Å². The molecule has 1 rings (SSSR count). The number of aromatic hydroxyl groups is 1. The van der Waals surface area contributed by atoms with E-state index in [4.69, 9.17) is 0 Å². The fourth-order valence-electron chi connectivity index (χ4n) is 1.17. The molecular formula is C10H11F2NO3. The van der Waals surface area contributed by atoms with E-state index >= 15 is 0 Å². The molecule has 4 nitrogen and oxygen atoms in total. The summed E-state index contributed by atoms with van der Waals surface area (Å²) in [6.45, 7) is 3.06. The highest BCUT2D eigenvalue weighted by molar-refractivity contribution is 5.87. The van der Waals surface area contributed by atoms with Crippen LogP contribution in [0.4, 0.5) is 8.78 Å². The summed E-state index contributed by atoms with van der Waals surface area (Å²) in [6.07, 6.45) is -2.87. The van der Waals surface area contributed by atoms with Crippen molar-refractivity contribution in [1.82, 2.24) is 4.98 Å². The SMILES string of the molecule is CCOC(=O)c1cc(C(F)F)c(O)c(C)n1. The zero-order valence-corrected chi connectivity index (χ0v) is 8.83. The van der Waals surface area contributed by atoms with Crippen molar-refractivity contribution in [2.45, 2.75) is 20.3 Å². The van der Waals surface area contributed by atoms with Gasteiger partial charge >= 0.3 is 5.97 Å². The van der Waals surface area contributed by atoms with Gasteiger partial charge in [0.05, 0.1) is 17.9 Å². The quantitative estimate of drug-likeness (QED) is 0.810. The normalized spacial score (nSPS) is 10.6. The largest absolute Gasteiger partial charge is 0.506 e. The summed E-state index contributed by atoms with van der Waals surface area (Å²) in [6, 6.07) is 0.838. The van der Waals surface area contributed by atoms with Crippen LogP contribution < -0.4 is 0 Å². The lowest BCUT2D eigenvalue weighted by atomic mass is 10.1. The van der Waals surface area contributed by atoms with Crippen LogP contribution in [-0.4, -0.2) is 22.7 Å². The van der Waals surface area contributed by atoms with E-state index in [1.54, 1.807) is 6.92 Å². The van der Waals surface area contributed by atoms with E-state index in [1.165, 1.54) is 6.92 Å².